The molecule has 0 bridgehead atoms. The first-order chi connectivity index (χ1) is 8.69. The molecule has 0 aromatic heterocycles. The summed E-state index contributed by atoms with van der Waals surface area (Å²) in [7, 11) is 1.95. The van der Waals surface area contributed by atoms with E-state index in [2.05, 4.69) is 26.1 Å². The van der Waals surface area contributed by atoms with Crippen molar-refractivity contribution in [2.75, 3.05) is 33.3 Å². The molecule has 1 heterocycles. The van der Waals surface area contributed by atoms with E-state index in [1.165, 1.54) is 5.56 Å². The number of benzene rings is 1. The Kier molecular flexibility index (Phi) is 5.45. The predicted octanol–water partition coefficient (Wildman–Crippen LogP) is 2.52. The molecular formula is C13H18BrClN2O. The van der Waals surface area contributed by atoms with Gasteiger partial charge in [-0.1, -0.05) is 27.5 Å². The van der Waals surface area contributed by atoms with Crippen molar-refractivity contribution in [2.45, 2.75) is 12.6 Å². The quantitative estimate of drug-likeness (QED) is 0.916. The van der Waals surface area contributed by atoms with E-state index in [1.807, 2.05) is 25.2 Å². The van der Waals surface area contributed by atoms with Crippen molar-refractivity contribution in [1.82, 2.24) is 10.2 Å². The zero-order valence-corrected chi connectivity index (χ0v) is 12.8. The van der Waals surface area contributed by atoms with E-state index in [0.29, 0.717) is 0 Å². The lowest BCUT2D eigenvalue weighted by Gasteiger charge is -2.33. The van der Waals surface area contributed by atoms with Crippen molar-refractivity contribution in [2.24, 2.45) is 0 Å². The van der Waals surface area contributed by atoms with Crippen LogP contribution in [0.15, 0.2) is 22.7 Å². The van der Waals surface area contributed by atoms with Crippen LogP contribution in [0.25, 0.3) is 0 Å². The van der Waals surface area contributed by atoms with Gasteiger partial charge in [-0.2, -0.15) is 0 Å². The molecule has 1 fully saturated rings. The minimum atomic E-state index is 0.279. The summed E-state index contributed by atoms with van der Waals surface area (Å²) >= 11 is 9.61. The average molecular weight is 334 g/mol. The van der Waals surface area contributed by atoms with Crippen LogP contribution < -0.4 is 5.32 Å². The Morgan fingerprint density at radius 3 is 3.17 bits per heavy atom. The van der Waals surface area contributed by atoms with Crippen LogP contribution in [-0.4, -0.2) is 44.3 Å². The van der Waals surface area contributed by atoms with Crippen LogP contribution in [0.4, 0.5) is 0 Å². The molecule has 18 heavy (non-hydrogen) atoms. The molecule has 0 amide bonds. The summed E-state index contributed by atoms with van der Waals surface area (Å²) < 4.78 is 6.81. The second-order valence-corrected chi connectivity index (χ2v) is 5.81. The van der Waals surface area contributed by atoms with Crippen LogP contribution in [0.1, 0.15) is 5.56 Å². The number of ether oxygens (including phenoxy) is 1. The van der Waals surface area contributed by atoms with Crippen molar-refractivity contribution >= 4 is 27.5 Å². The highest BCUT2D eigenvalue weighted by Gasteiger charge is 2.20. The van der Waals surface area contributed by atoms with E-state index in [9.17, 15) is 0 Å². The summed E-state index contributed by atoms with van der Waals surface area (Å²) in [6.45, 7) is 4.53. The van der Waals surface area contributed by atoms with Gasteiger partial charge in [0.05, 0.1) is 12.7 Å². The molecule has 1 aliphatic rings. The number of nitrogens with zero attached hydrogens (tertiary/aromatic N) is 1. The van der Waals surface area contributed by atoms with E-state index in [4.69, 9.17) is 16.3 Å². The number of likely N-dealkylation sites (N-methyl/N-ethyl adjacent to an activating group) is 1. The fourth-order valence-corrected chi connectivity index (χ4v) is 2.75. The molecule has 0 aliphatic carbocycles. The van der Waals surface area contributed by atoms with E-state index < -0.39 is 0 Å². The van der Waals surface area contributed by atoms with Gasteiger partial charge in [-0.25, -0.2) is 0 Å². The van der Waals surface area contributed by atoms with Gasteiger partial charge < -0.3 is 10.1 Å². The van der Waals surface area contributed by atoms with Crippen LogP contribution in [-0.2, 0) is 11.3 Å². The Hall–Kier alpha value is -0.130. The molecule has 1 saturated heterocycles. The fourth-order valence-electron chi connectivity index (χ4n) is 2.18. The normalized spacial score (nSPS) is 21.2. The van der Waals surface area contributed by atoms with Crippen LogP contribution in [0.2, 0.25) is 5.02 Å². The third-order valence-electron chi connectivity index (χ3n) is 3.06. The Labute approximate surface area is 122 Å². The lowest BCUT2D eigenvalue weighted by Crippen LogP contribution is -2.45. The molecule has 0 radical (unpaired) electrons. The van der Waals surface area contributed by atoms with E-state index >= 15 is 0 Å². The fraction of sp³-hybridized carbons (Fsp3) is 0.538. The number of nitrogens with one attached hydrogen (secondary N) is 1. The zero-order valence-electron chi connectivity index (χ0n) is 10.5. The molecule has 1 aliphatic heterocycles. The van der Waals surface area contributed by atoms with Crippen molar-refractivity contribution in [3.8, 4) is 0 Å². The maximum absolute atomic E-state index is 6.04. The molecule has 1 atom stereocenters. The summed E-state index contributed by atoms with van der Waals surface area (Å²) in [4.78, 5) is 2.40. The highest BCUT2D eigenvalue weighted by atomic mass is 79.9. The molecule has 0 saturated carbocycles. The number of rotatable bonds is 4. The SMILES string of the molecule is CNCC1CN(Cc2cc(Cl)ccc2Br)CCO1. The number of hydrogen-bond donors (Lipinski definition) is 1. The summed E-state index contributed by atoms with van der Waals surface area (Å²) in [5.74, 6) is 0. The van der Waals surface area contributed by atoms with Gasteiger partial charge in [0, 0.05) is 35.7 Å². The van der Waals surface area contributed by atoms with Gasteiger partial charge in [0.1, 0.15) is 0 Å². The van der Waals surface area contributed by atoms with Crippen molar-refractivity contribution in [1.29, 1.82) is 0 Å². The Balaban J connectivity index is 1.98. The summed E-state index contributed by atoms with van der Waals surface area (Å²) in [5, 5.41) is 3.95. The molecule has 1 aromatic rings. The minimum absolute atomic E-state index is 0.279. The molecule has 3 nitrogen and oxygen atoms in total. The minimum Gasteiger partial charge on any atom is -0.374 e. The molecule has 5 heteroatoms. The Morgan fingerprint density at radius 2 is 2.39 bits per heavy atom. The largest absolute Gasteiger partial charge is 0.374 e. The molecule has 1 aromatic carbocycles. The van der Waals surface area contributed by atoms with Gasteiger partial charge in [0.25, 0.3) is 0 Å². The van der Waals surface area contributed by atoms with Crippen LogP contribution in [0.3, 0.4) is 0 Å². The van der Waals surface area contributed by atoms with Crippen LogP contribution in [0, 0.1) is 0 Å². The first-order valence-corrected chi connectivity index (χ1v) is 7.28. The maximum Gasteiger partial charge on any atom is 0.0826 e. The molecule has 1 N–H and O–H groups in total. The van der Waals surface area contributed by atoms with E-state index in [0.717, 1.165) is 42.3 Å². The van der Waals surface area contributed by atoms with Crippen molar-refractivity contribution in [3.05, 3.63) is 33.3 Å². The number of hydrogen-bond acceptors (Lipinski definition) is 3. The van der Waals surface area contributed by atoms with Crippen LogP contribution in [0.5, 0.6) is 0 Å². The first kappa shape index (κ1) is 14.3. The van der Waals surface area contributed by atoms with Crippen molar-refractivity contribution in [3.63, 3.8) is 0 Å². The van der Waals surface area contributed by atoms with Gasteiger partial charge in [-0.15, -0.1) is 0 Å². The van der Waals surface area contributed by atoms with E-state index in [1.54, 1.807) is 0 Å². The summed E-state index contributed by atoms with van der Waals surface area (Å²) in [6, 6.07) is 5.93. The second-order valence-electron chi connectivity index (χ2n) is 4.52. The van der Waals surface area contributed by atoms with Crippen molar-refractivity contribution < 1.29 is 4.74 Å². The predicted molar refractivity (Wildman–Crippen MR) is 78.1 cm³/mol. The molecular weight excluding hydrogens is 316 g/mol. The average Bonchev–Trinajstić information content (AvgIpc) is 2.35. The second kappa shape index (κ2) is 6.87. The highest BCUT2D eigenvalue weighted by Crippen LogP contribution is 2.23. The molecule has 0 spiro atoms. The summed E-state index contributed by atoms with van der Waals surface area (Å²) in [5.41, 5.74) is 1.23. The summed E-state index contributed by atoms with van der Waals surface area (Å²) in [6.07, 6.45) is 0.279. The Bertz CT molecular complexity index is 401. The third-order valence-corrected chi connectivity index (χ3v) is 4.07. The first-order valence-electron chi connectivity index (χ1n) is 6.11. The molecule has 100 valence electrons. The van der Waals surface area contributed by atoms with E-state index in [-0.39, 0.29) is 6.10 Å². The zero-order chi connectivity index (χ0) is 13.0. The highest BCUT2D eigenvalue weighted by molar-refractivity contribution is 9.10. The number of morpholine rings is 1. The third kappa shape index (κ3) is 3.93. The molecule has 1 unspecified atom stereocenters. The lowest BCUT2D eigenvalue weighted by atomic mass is 10.2. The topological polar surface area (TPSA) is 24.5 Å². The smallest absolute Gasteiger partial charge is 0.0826 e. The van der Waals surface area contributed by atoms with Gasteiger partial charge in [0.2, 0.25) is 0 Å². The van der Waals surface area contributed by atoms with Gasteiger partial charge in [0.15, 0.2) is 0 Å². The van der Waals surface area contributed by atoms with Gasteiger partial charge >= 0.3 is 0 Å². The molecule has 2 rings (SSSR count). The van der Waals surface area contributed by atoms with Gasteiger partial charge in [-0.05, 0) is 30.8 Å². The Morgan fingerprint density at radius 1 is 1.56 bits per heavy atom. The van der Waals surface area contributed by atoms with Gasteiger partial charge in [-0.3, -0.25) is 4.90 Å². The lowest BCUT2D eigenvalue weighted by molar-refractivity contribution is -0.0291. The number of halogens is 2. The maximum atomic E-state index is 6.04. The van der Waals surface area contributed by atoms with Crippen LogP contribution >= 0.6 is 27.5 Å². The standard InChI is InChI=1S/C13H18BrClN2O/c1-16-7-12-9-17(4-5-18-12)8-10-6-11(15)2-3-13(10)14/h2-3,6,12,16H,4-5,7-9H2,1H3. The monoisotopic (exact) mass is 332 g/mol.